The summed E-state index contributed by atoms with van der Waals surface area (Å²) in [5, 5.41) is 12.3. The summed E-state index contributed by atoms with van der Waals surface area (Å²) in [6.07, 6.45) is 0. The summed E-state index contributed by atoms with van der Waals surface area (Å²) >= 11 is 0. The highest BCUT2D eigenvalue weighted by molar-refractivity contribution is 5.81. The Kier molecular flexibility index (Phi) is 4.75. The zero-order chi connectivity index (χ0) is 12.0. The third-order valence-electron chi connectivity index (χ3n) is 2.14. The van der Waals surface area contributed by atoms with Crippen molar-refractivity contribution in [2.75, 3.05) is 20.3 Å². The molecular formula is C11H16N2O3. The summed E-state index contributed by atoms with van der Waals surface area (Å²) in [6.45, 7) is 1.00. The van der Waals surface area contributed by atoms with Crippen LogP contribution in [-0.4, -0.2) is 31.3 Å². The molecule has 0 fully saturated rings. The largest absolute Gasteiger partial charge is 0.508 e. The van der Waals surface area contributed by atoms with E-state index in [0.717, 1.165) is 0 Å². The minimum Gasteiger partial charge on any atom is -0.508 e. The highest BCUT2D eigenvalue weighted by Gasteiger charge is 2.16. The molecule has 1 atom stereocenters. The van der Waals surface area contributed by atoms with Crippen LogP contribution in [0.4, 0.5) is 0 Å². The normalized spacial score (nSPS) is 12.3. The van der Waals surface area contributed by atoms with Crippen LogP contribution in [0.2, 0.25) is 0 Å². The lowest BCUT2D eigenvalue weighted by Gasteiger charge is -2.15. The molecule has 5 nitrogen and oxygen atoms in total. The molecule has 1 amide bonds. The summed E-state index contributed by atoms with van der Waals surface area (Å²) < 4.78 is 4.87. The molecule has 88 valence electrons. The van der Waals surface area contributed by atoms with E-state index in [4.69, 9.17) is 10.5 Å². The van der Waals surface area contributed by atoms with Crippen molar-refractivity contribution in [2.45, 2.75) is 6.04 Å². The van der Waals surface area contributed by atoms with Crippen molar-refractivity contribution < 1.29 is 14.6 Å². The van der Waals surface area contributed by atoms with E-state index in [1.54, 1.807) is 19.2 Å². The van der Waals surface area contributed by atoms with Gasteiger partial charge in [0.1, 0.15) is 11.8 Å². The first-order valence-corrected chi connectivity index (χ1v) is 4.95. The van der Waals surface area contributed by atoms with Gasteiger partial charge in [-0.2, -0.15) is 0 Å². The molecule has 0 heterocycles. The molecule has 0 saturated carbocycles. The van der Waals surface area contributed by atoms with Crippen LogP contribution < -0.4 is 11.1 Å². The fourth-order valence-electron chi connectivity index (χ4n) is 1.39. The highest BCUT2D eigenvalue weighted by Crippen LogP contribution is 2.17. The zero-order valence-corrected chi connectivity index (χ0v) is 9.14. The maximum Gasteiger partial charge on any atom is 0.239 e. The Morgan fingerprint density at radius 1 is 1.62 bits per heavy atom. The fraction of sp³-hybridized carbons (Fsp3) is 0.364. The van der Waals surface area contributed by atoms with Crippen LogP contribution in [0.25, 0.3) is 0 Å². The van der Waals surface area contributed by atoms with E-state index < -0.39 is 11.9 Å². The van der Waals surface area contributed by atoms with Gasteiger partial charge in [0.05, 0.1) is 6.61 Å². The number of amides is 1. The number of carbonyl (C=O) groups is 1. The van der Waals surface area contributed by atoms with Crippen molar-refractivity contribution in [3.05, 3.63) is 29.8 Å². The van der Waals surface area contributed by atoms with Crippen LogP contribution in [0.15, 0.2) is 24.3 Å². The van der Waals surface area contributed by atoms with Gasteiger partial charge in [-0.3, -0.25) is 10.1 Å². The molecule has 1 unspecified atom stereocenters. The van der Waals surface area contributed by atoms with Crippen molar-refractivity contribution >= 4 is 5.91 Å². The minimum absolute atomic E-state index is 0.109. The van der Waals surface area contributed by atoms with E-state index in [9.17, 15) is 9.90 Å². The molecule has 1 rings (SSSR count). The maximum absolute atomic E-state index is 11.2. The number of phenolic OH excluding ortho intramolecular Hbond substituents is 1. The van der Waals surface area contributed by atoms with Crippen LogP contribution >= 0.6 is 0 Å². The summed E-state index contributed by atoms with van der Waals surface area (Å²) in [7, 11) is 1.58. The molecule has 0 aliphatic heterocycles. The second-order valence-electron chi connectivity index (χ2n) is 3.38. The molecule has 5 heteroatoms. The third-order valence-corrected chi connectivity index (χ3v) is 2.14. The molecule has 16 heavy (non-hydrogen) atoms. The standard InChI is InChI=1S/C11H16N2O3/c1-16-6-5-13-10(11(12)15)8-3-2-4-9(14)7-8/h2-4,7,10,13-14H,5-6H2,1H3,(H2,12,15). The molecule has 0 aliphatic rings. The lowest BCUT2D eigenvalue weighted by Crippen LogP contribution is -2.35. The monoisotopic (exact) mass is 224 g/mol. The average Bonchev–Trinajstić information content (AvgIpc) is 2.24. The molecule has 4 N–H and O–H groups in total. The Labute approximate surface area is 94.2 Å². The first-order valence-electron chi connectivity index (χ1n) is 4.95. The lowest BCUT2D eigenvalue weighted by molar-refractivity contribution is -0.120. The van der Waals surface area contributed by atoms with Gasteiger partial charge in [-0.15, -0.1) is 0 Å². The molecule has 1 aromatic carbocycles. The molecule has 0 saturated heterocycles. The molecule has 0 bridgehead atoms. The summed E-state index contributed by atoms with van der Waals surface area (Å²) in [5.41, 5.74) is 5.92. The van der Waals surface area contributed by atoms with Crippen LogP contribution in [0.3, 0.4) is 0 Å². The number of primary amides is 1. The van der Waals surface area contributed by atoms with Gasteiger partial charge in [-0.05, 0) is 17.7 Å². The summed E-state index contributed by atoms with van der Waals surface area (Å²) in [5.74, 6) is -0.376. The zero-order valence-electron chi connectivity index (χ0n) is 9.14. The van der Waals surface area contributed by atoms with Gasteiger partial charge < -0.3 is 15.6 Å². The fourth-order valence-corrected chi connectivity index (χ4v) is 1.39. The molecule has 1 aromatic rings. The van der Waals surface area contributed by atoms with Gasteiger partial charge in [0.15, 0.2) is 0 Å². The first-order chi connectivity index (χ1) is 7.65. The maximum atomic E-state index is 11.2. The Hall–Kier alpha value is -1.59. The van der Waals surface area contributed by atoms with Crippen LogP contribution in [0.1, 0.15) is 11.6 Å². The first kappa shape index (κ1) is 12.5. The third kappa shape index (κ3) is 3.52. The van der Waals surface area contributed by atoms with Gasteiger partial charge >= 0.3 is 0 Å². The van der Waals surface area contributed by atoms with Crippen LogP contribution in [0.5, 0.6) is 5.75 Å². The second-order valence-corrected chi connectivity index (χ2v) is 3.38. The van der Waals surface area contributed by atoms with E-state index in [2.05, 4.69) is 5.32 Å². The Morgan fingerprint density at radius 2 is 2.38 bits per heavy atom. The molecule has 0 spiro atoms. The van der Waals surface area contributed by atoms with Crippen LogP contribution in [0, 0.1) is 0 Å². The van der Waals surface area contributed by atoms with E-state index in [1.165, 1.54) is 12.1 Å². The number of hydrogen-bond acceptors (Lipinski definition) is 4. The Morgan fingerprint density at radius 3 is 2.94 bits per heavy atom. The molecule has 0 radical (unpaired) electrons. The van der Waals surface area contributed by atoms with Gasteiger partial charge in [0.2, 0.25) is 5.91 Å². The minimum atomic E-state index is -0.609. The molecule has 0 aliphatic carbocycles. The van der Waals surface area contributed by atoms with Gasteiger partial charge in [0, 0.05) is 13.7 Å². The average molecular weight is 224 g/mol. The van der Waals surface area contributed by atoms with Gasteiger partial charge in [0.25, 0.3) is 0 Å². The number of nitrogens with two attached hydrogens (primary N) is 1. The molecular weight excluding hydrogens is 208 g/mol. The van der Waals surface area contributed by atoms with Crippen molar-refractivity contribution in [3.63, 3.8) is 0 Å². The Bertz CT molecular complexity index is 355. The van der Waals surface area contributed by atoms with Gasteiger partial charge in [-0.1, -0.05) is 12.1 Å². The van der Waals surface area contributed by atoms with Crippen molar-refractivity contribution in [1.82, 2.24) is 5.32 Å². The second kappa shape index (κ2) is 6.09. The lowest BCUT2D eigenvalue weighted by atomic mass is 10.1. The Balaban J connectivity index is 2.73. The van der Waals surface area contributed by atoms with Crippen molar-refractivity contribution in [2.24, 2.45) is 5.73 Å². The van der Waals surface area contributed by atoms with E-state index in [-0.39, 0.29) is 5.75 Å². The van der Waals surface area contributed by atoms with Gasteiger partial charge in [-0.25, -0.2) is 0 Å². The predicted molar refractivity (Wildman–Crippen MR) is 59.9 cm³/mol. The molecule has 0 aromatic heterocycles. The van der Waals surface area contributed by atoms with E-state index in [1.807, 2.05) is 0 Å². The number of carbonyl (C=O) groups excluding carboxylic acids is 1. The predicted octanol–water partition coefficient (Wildman–Crippen LogP) is 0.155. The number of methoxy groups -OCH3 is 1. The number of ether oxygens (including phenoxy) is 1. The number of phenols is 1. The van der Waals surface area contributed by atoms with Crippen molar-refractivity contribution in [1.29, 1.82) is 0 Å². The number of nitrogens with one attached hydrogen (secondary N) is 1. The summed E-state index contributed by atoms with van der Waals surface area (Å²) in [6, 6.07) is 5.83. The highest BCUT2D eigenvalue weighted by atomic mass is 16.5. The smallest absolute Gasteiger partial charge is 0.239 e. The van der Waals surface area contributed by atoms with E-state index >= 15 is 0 Å². The van der Waals surface area contributed by atoms with E-state index in [0.29, 0.717) is 18.7 Å². The number of hydrogen-bond donors (Lipinski definition) is 3. The summed E-state index contributed by atoms with van der Waals surface area (Å²) in [4.78, 5) is 11.2. The number of rotatable bonds is 6. The van der Waals surface area contributed by atoms with Crippen molar-refractivity contribution in [3.8, 4) is 5.75 Å². The number of benzene rings is 1. The SMILES string of the molecule is COCCNC(C(N)=O)c1cccc(O)c1. The number of aromatic hydroxyl groups is 1. The topological polar surface area (TPSA) is 84.6 Å². The quantitative estimate of drug-likeness (QED) is 0.601. The van der Waals surface area contributed by atoms with Crippen LogP contribution in [-0.2, 0) is 9.53 Å².